The van der Waals surface area contributed by atoms with Gasteiger partial charge in [-0.2, -0.15) is 18.4 Å². The number of carboxylic acid groups (broad SMARTS) is 1. The number of aromatic nitrogens is 3. The van der Waals surface area contributed by atoms with Crippen molar-refractivity contribution in [3.05, 3.63) is 93.9 Å². The second-order valence-electron chi connectivity index (χ2n) is 10.6. The van der Waals surface area contributed by atoms with Crippen LogP contribution in [-0.2, 0) is 28.8 Å². The SMILES string of the molecule is N#Cc1ccc(-c2ccnc(Cc3cccc(C(=O)Nc4nc5c(s4)C[C@@H](N4CCOCC4)CC5)c3)n2)cc1.O=C(O)C(F)(F)F. The third kappa shape index (κ3) is 8.51. The van der Waals surface area contributed by atoms with Gasteiger partial charge in [-0.1, -0.05) is 24.3 Å². The average molecular weight is 651 g/mol. The quantitative estimate of drug-likeness (QED) is 0.290. The summed E-state index contributed by atoms with van der Waals surface area (Å²) in [7, 11) is 0. The van der Waals surface area contributed by atoms with Crippen molar-refractivity contribution in [1.29, 1.82) is 5.26 Å². The van der Waals surface area contributed by atoms with E-state index in [1.807, 2.05) is 42.5 Å². The second kappa shape index (κ2) is 14.6. The van der Waals surface area contributed by atoms with Gasteiger partial charge < -0.3 is 9.84 Å². The van der Waals surface area contributed by atoms with Crippen molar-refractivity contribution in [1.82, 2.24) is 19.9 Å². The number of hydrogen-bond acceptors (Lipinski definition) is 9. The highest BCUT2D eigenvalue weighted by Gasteiger charge is 2.38. The number of benzene rings is 2. The maximum Gasteiger partial charge on any atom is 0.490 e. The summed E-state index contributed by atoms with van der Waals surface area (Å²) in [4.78, 5) is 39.7. The molecule has 2 aromatic carbocycles. The van der Waals surface area contributed by atoms with Crippen molar-refractivity contribution in [2.75, 3.05) is 31.6 Å². The fourth-order valence-electron chi connectivity index (χ4n) is 5.20. The largest absolute Gasteiger partial charge is 0.490 e. The van der Waals surface area contributed by atoms with Gasteiger partial charge in [0.25, 0.3) is 5.91 Å². The van der Waals surface area contributed by atoms with Crippen LogP contribution in [0.15, 0.2) is 60.8 Å². The number of aliphatic carboxylic acids is 1. The molecule has 0 spiro atoms. The summed E-state index contributed by atoms with van der Waals surface area (Å²) in [6.45, 7) is 3.59. The summed E-state index contributed by atoms with van der Waals surface area (Å²) in [6, 6.07) is 19.4. The van der Waals surface area contributed by atoms with Crippen molar-refractivity contribution < 1.29 is 32.6 Å². The topological polar surface area (TPSA) is 141 Å². The van der Waals surface area contributed by atoms with E-state index in [0.29, 0.717) is 34.5 Å². The van der Waals surface area contributed by atoms with Crippen molar-refractivity contribution >= 4 is 28.3 Å². The Hall–Kier alpha value is -4.71. The molecule has 10 nitrogen and oxygen atoms in total. The molecule has 1 amide bonds. The van der Waals surface area contributed by atoms with E-state index in [2.05, 4.69) is 21.3 Å². The van der Waals surface area contributed by atoms with Crippen LogP contribution in [0, 0.1) is 11.3 Å². The number of rotatable bonds is 6. The molecule has 0 bridgehead atoms. The Morgan fingerprint density at radius 2 is 1.85 bits per heavy atom. The third-order valence-electron chi connectivity index (χ3n) is 7.51. The predicted octanol–water partition coefficient (Wildman–Crippen LogP) is 5.14. The molecule has 2 aromatic heterocycles. The zero-order chi connectivity index (χ0) is 32.7. The molecular formula is C32H29F3N6O4S. The summed E-state index contributed by atoms with van der Waals surface area (Å²) in [5, 5.41) is 19.8. The van der Waals surface area contributed by atoms with Gasteiger partial charge in [-0.25, -0.2) is 19.7 Å². The molecule has 0 radical (unpaired) electrons. The number of morpholine rings is 1. The van der Waals surface area contributed by atoms with Gasteiger partial charge in [0.1, 0.15) is 5.82 Å². The first kappa shape index (κ1) is 32.7. The van der Waals surface area contributed by atoms with Crippen molar-refractivity contribution in [2.45, 2.75) is 37.9 Å². The highest BCUT2D eigenvalue weighted by Crippen LogP contribution is 2.32. The number of amides is 1. The molecule has 2 N–H and O–H groups in total. The Morgan fingerprint density at radius 1 is 1.11 bits per heavy atom. The van der Waals surface area contributed by atoms with E-state index in [0.717, 1.165) is 68.1 Å². The highest BCUT2D eigenvalue weighted by atomic mass is 32.1. The fraction of sp³-hybridized carbons (Fsp3) is 0.312. The van der Waals surface area contributed by atoms with Gasteiger partial charge in [-0.15, -0.1) is 11.3 Å². The number of thiazole rings is 1. The van der Waals surface area contributed by atoms with E-state index in [-0.39, 0.29) is 5.91 Å². The standard InChI is InChI=1S/C30H28N6O2S.C2HF3O2/c31-19-20-4-6-22(7-5-20)25-10-11-32-28(33-25)17-21-2-1-3-23(16-21)29(37)35-30-34-26-9-8-24(18-27(26)39-30)36-12-14-38-15-13-36;3-2(4,5)1(6)7/h1-7,10-11,16,24H,8-9,12-15,17-18H2,(H,34,35,37);(H,6,7)/t24-;/m0./s1. The molecule has 14 heteroatoms. The van der Waals surface area contributed by atoms with Crippen LogP contribution >= 0.6 is 11.3 Å². The number of carboxylic acids is 1. The number of nitrogens with one attached hydrogen (secondary N) is 1. The number of nitriles is 1. The van der Waals surface area contributed by atoms with Crippen LogP contribution in [-0.4, -0.2) is 75.4 Å². The third-order valence-corrected chi connectivity index (χ3v) is 8.54. The number of carbonyl (C=O) groups is 2. The van der Waals surface area contributed by atoms with Crippen LogP contribution in [0.4, 0.5) is 18.3 Å². The maximum atomic E-state index is 13.1. The van der Waals surface area contributed by atoms with Gasteiger partial charge in [-0.05, 0) is 55.2 Å². The van der Waals surface area contributed by atoms with Gasteiger partial charge in [-0.3, -0.25) is 15.0 Å². The Kier molecular flexibility index (Phi) is 10.4. The second-order valence-corrected chi connectivity index (χ2v) is 11.7. The molecule has 1 fully saturated rings. The van der Waals surface area contributed by atoms with Crippen LogP contribution in [0.25, 0.3) is 11.3 Å². The van der Waals surface area contributed by atoms with E-state index in [9.17, 15) is 18.0 Å². The number of ether oxygens (including phenoxy) is 1. The van der Waals surface area contributed by atoms with Gasteiger partial charge in [0.2, 0.25) is 0 Å². The number of nitrogens with zero attached hydrogens (tertiary/aromatic N) is 5. The molecule has 0 saturated carbocycles. The minimum absolute atomic E-state index is 0.167. The van der Waals surface area contributed by atoms with E-state index >= 15 is 0 Å². The number of halogens is 3. The molecular weight excluding hydrogens is 621 g/mol. The highest BCUT2D eigenvalue weighted by molar-refractivity contribution is 7.15. The van der Waals surface area contributed by atoms with Crippen molar-refractivity contribution in [3.63, 3.8) is 0 Å². The van der Waals surface area contributed by atoms with Gasteiger partial charge in [0, 0.05) is 47.8 Å². The zero-order valence-corrected chi connectivity index (χ0v) is 25.3. The average Bonchev–Trinajstić information content (AvgIpc) is 3.47. The molecule has 3 heterocycles. The number of aryl methyl sites for hydroxylation is 1. The minimum Gasteiger partial charge on any atom is -0.475 e. The molecule has 2 aliphatic rings. The summed E-state index contributed by atoms with van der Waals surface area (Å²) in [5.74, 6) is -2.26. The smallest absolute Gasteiger partial charge is 0.475 e. The Balaban J connectivity index is 0.000000537. The number of carbonyl (C=O) groups excluding carboxylic acids is 1. The van der Waals surface area contributed by atoms with E-state index in [4.69, 9.17) is 29.9 Å². The molecule has 46 heavy (non-hydrogen) atoms. The zero-order valence-electron chi connectivity index (χ0n) is 24.5. The number of hydrogen-bond donors (Lipinski definition) is 2. The summed E-state index contributed by atoms with van der Waals surface area (Å²) in [6.07, 6.45) is 0.182. The predicted molar refractivity (Wildman–Crippen MR) is 163 cm³/mol. The molecule has 6 rings (SSSR count). The van der Waals surface area contributed by atoms with Crippen molar-refractivity contribution in [3.8, 4) is 17.3 Å². The number of anilines is 1. The lowest BCUT2D eigenvalue weighted by Gasteiger charge is -2.36. The first-order chi connectivity index (χ1) is 22.1. The molecule has 238 valence electrons. The Bertz CT molecular complexity index is 1730. The number of fused-ring (bicyclic) bond motifs is 1. The van der Waals surface area contributed by atoms with Crippen molar-refractivity contribution in [2.24, 2.45) is 0 Å². The molecule has 0 unspecified atom stereocenters. The van der Waals surface area contributed by atoms with Gasteiger partial charge in [0.15, 0.2) is 5.13 Å². The van der Waals surface area contributed by atoms with Crippen LogP contribution in [0.2, 0.25) is 0 Å². The normalized spacial score (nSPS) is 16.3. The van der Waals surface area contributed by atoms with Gasteiger partial charge in [0.05, 0.1) is 36.2 Å². The molecule has 1 atom stereocenters. The van der Waals surface area contributed by atoms with E-state index in [1.165, 1.54) is 4.88 Å². The van der Waals surface area contributed by atoms with E-state index < -0.39 is 12.1 Å². The first-order valence-electron chi connectivity index (χ1n) is 14.4. The number of alkyl halides is 3. The lowest BCUT2D eigenvalue weighted by atomic mass is 9.96. The van der Waals surface area contributed by atoms with Crippen LogP contribution in [0.5, 0.6) is 0 Å². The summed E-state index contributed by atoms with van der Waals surface area (Å²) >= 11 is 1.60. The Labute approximate surface area is 266 Å². The van der Waals surface area contributed by atoms with E-state index in [1.54, 1.807) is 29.7 Å². The monoisotopic (exact) mass is 650 g/mol. The van der Waals surface area contributed by atoms with Crippen LogP contribution in [0.1, 0.15) is 44.3 Å². The minimum atomic E-state index is -5.08. The molecule has 4 aromatic rings. The Morgan fingerprint density at radius 3 is 2.54 bits per heavy atom. The van der Waals surface area contributed by atoms with Gasteiger partial charge >= 0.3 is 12.1 Å². The molecule has 1 saturated heterocycles. The van der Waals surface area contributed by atoms with Crippen LogP contribution < -0.4 is 5.32 Å². The fourth-order valence-corrected chi connectivity index (χ4v) is 6.27. The lowest BCUT2D eigenvalue weighted by molar-refractivity contribution is -0.192. The summed E-state index contributed by atoms with van der Waals surface area (Å²) in [5.41, 5.74) is 4.97. The molecule has 1 aliphatic carbocycles. The first-order valence-corrected chi connectivity index (χ1v) is 15.2. The molecule has 1 aliphatic heterocycles. The van der Waals surface area contributed by atoms with Crippen LogP contribution in [0.3, 0.4) is 0 Å². The maximum absolute atomic E-state index is 13.1. The lowest BCUT2D eigenvalue weighted by Crippen LogP contribution is -2.45. The summed E-state index contributed by atoms with van der Waals surface area (Å²) < 4.78 is 37.2.